The molecule has 1 aromatic heterocycles. The Labute approximate surface area is 119 Å². The van der Waals surface area contributed by atoms with Crippen LogP contribution in [0.1, 0.15) is 39.0 Å². The van der Waals surface area contributed by atoms with E-state index in [9.17, 15) is 0 Å². The van der Waals surface area contributed by atoms with Gasteiger partial charge in [-0.15, -0.1) is 0 Å². The molecule has 4 nitrogen and oxygen atoms in total. The molecule has 0 saturated heterocycles. The van der Waals surface area contributed by atoms with E-state index in [1.54, 1.807) is 0 Å². The van der Waals surface area contributed by atoms with Crippen LogP contribution in [-0.4, -0.2) is 16.5 Å². The Balaban J connectivity index is 1.83. The van der Waals surface area contributed by atoms with Gasteiger partial charge in [0.05, 0.1) is 5.52 Å². The summed E-state index contributed by atoms with van der Waals surface area (Å²) in [5.41, 5.74) is 7.08. The summed E-state index contributed by atoms with van der Waals surface area (Å²) in [4.78, 5) is 8.65. The van der Waals surface area contributed by atoms with Crippen molar-refractivity contribution in [2.75, 3.05) is 17.6 Å². The summed E-state index contributed by atoms with van der Waals surface area (Å²) in [6, 6.07) is 8.00. The molecule has 0 unspecified atom stereocenters. The minimum atomic E-state index is 0.333. The first-order valence-electron chi connectivity index (χ1n) is 7.42. The number of nitrogens with one attached hydrogen (secondary N) is 1. The van der Waals surface area contributed by atoms with Gasteiger partial charge >= 0.3 is 0 Å². The number of rotatable bonds is 3. The first kappa shape index (κ1) is 13.2. The fourth-order valence-corrected chi connectivity index (χ4v) is 3.11. The fourth-order valence-electron chi connectivity index (χ4n) is 3.11. The highest BCUT2D eigenvalue weighted by Crippen LogP contribution is 2.36. The van der Waals surface area contributed by atoms with Crippen molar-refractivity contribution in [2.24, 2.45) is 5.41 Å². The number of nitrogens with two attached hydrogens (primary N) is 1. The maximum absolute atomic E-state index is 5.80. The Hall–Kier alpha value is -1.84. The van der Waals surface area contributed by atoms with Crippen molar-refractivity contribution in [3.05, 3.63) is 24.3 Å². The van der Waals surface area contributed by atoms with Crippen molar-refractivity contribution >= 4 is 22.7 Å². The summed E-state index contributed by atoms with van der Waals surface area (Å²) in [5.74, 6) is 1.19. The molecule has 106 valence electrons. The summed E-state index contributed by atoms with van der Waals surface area (Å²) in [6.45, 7) is 3.32. The summed E-state index contributed by atoms with van der Waals surface area (Å²) in [6.07, 6.45) is 6.63. The van der Waals surface area contributed by atoms with Gasteiger partial charge in [-0.2, -0.15) is 4.98 Å². The lowest BCUT2D eigenvalue weighted by Gasteiger charge is -2.33. The van der Waals surface area contributed by atoms with Gasteiger partial charge in [0.15, 0.2) is 0 Å². The Morgan fingerprint density at radius 3 is 2.70 bits per heavy atom. The molecule has 0 bridgehead atoms. The molecule has 4 heteroatoms. The highest BCUT2D eigenvalue weighted by atomic mass is 15.1. The van der Waals surface area contributed by atoms with Gasteiger partial charge in [-0.25, -0.2) is 4.98 Å². The fraction of sp³-hybridized carbons (Fsp3) is 0.500. The number of aromatic nitrogens is 2. The number of hydrogen-bond acceptors (Lipinski definition) is 4. The van der Waals surface area contributed by atoms with Gasteiger partial charge < -0.3 is 11.1 Å². The predicted octanol–water partition coefficient (Wildman–Crippen LogP) is 3.59. The van der Waals surface area contributed by atoms with Crippen LogP contribution in [0.15, 0.2) is 24.3 Å². The van der Waals surface area contributed by atoms with E-state index < -0.39 is 0 Å². The summed E-state index contributed by atoms with van der Waals surface area (Å²) < 4.78 is 0. The maximum atomic E-state index is 5.80. The predicted molar refractivity (Wildman–Crippen MR) is 83.6 cm³/mol. The Kier molecular flexibility index (Phi) is 3.47. The van der Waals surface area contributed by atoms with E-state index in [4.69, 9.17) is 5.73 Å². The third kappa shape index (κ3) is 2.69. The molecule has 1 aliphatic carbocycles. The molecule has 2 aromatic rings. The Morgan fingerprint density at radius 1 is 1.15 bits per heavy atom. The topological polar surface area (TPSA) is 63.8 Å². The van der Waals surface area contributed by atoms with Crippen LogP contribution >= 0.6 is 0 Å². The second-order valence-electron chi connectivity index (χ2n) is 6.17. The lowest BCUT2D eigenvalue weighted by atomic mass is 9.76. The monoisotopic (exact) mass is 270 g/mol. The molecule has 0 aliphatic heterocycles. The molecular formula is C16H22N4. The van der Waals surface area contributed by atoms with Crippen molar-refractivity contribution in [1.82, 2.24) is 9.97 Å². The van der Waals surface area contributed by atoms with Crippen LogP contribution in [0.2, 0.25) is 0 Å². The van der Waals surface area contributed by atoms with Gasteiger partial charge in [0, 0.05) is 11.9 Å². The molecule has 0 radical (unpaired) electrons. The van der Waals surface area contributed by atoms with Crippen LogP contribution in [-0.2, 0) is 0 Å². The highest BCUT2D eigenvalue weighted by molar-refractivity contribution is 5.89. The second-order valence-corrected chi connectivity index (χ2v) is 6.17. The minimum Gasteiger partial charge on any atom is -0.369 e. The number of anilines is 2. The van der Waals surface area contributed by atoms with Crippen molar-refractivity contribution in [3.63, 3.8) is 0 Å². The van der Waals surface area contributed by atoms with Crippen LogP contribution in [0.4, 0.5) is 11.8 Å². The molecule has 0 amide bonds. The maximum Gasteiger partial charge on any atom is 0.222 e. The van der Waals surface area contributed by atoms with Crippen molar-refractivity contribution in [3.8, 4) is 0 Å². The average molecular weight is 270 g/mol. The second kappa shape index (κ2) is 5.27. The van der Waals surface area contributed by atoms with E-state index in [1.165, 1.54) is 32.1 Å². The zero-order chi connectivity index (χ0) is 14.0. The normalized spacial score (nSPS) is 18.1. The molecule has 1 fully saturated rings. The molecule has 3 N–H and O–H groups in total. The standard InChI is InChI=1S/C16H22N4/c1-16(9-5-2-6-10-16)11-18-14-12-7-3-4-8-13(12)19-15(17)20-14/h3-4,7-8H,2,5-6,9-11H2,1H3,(H3,17,18,19,20). The van der Waals surface area contributed by atoms with Gasteiger partial charge in [-0.05, 0) is 30.4 Å². The number of hydrogen-bond donors (Lipinski definition) is 2. The third-order valence-corrected chi connectivity index (χ3v) is 4.36. The molecule has 1 saturated carbocycles. The average Bonchev–Trinajstić information content (AvgIpc) is 2.45. The molecule has 1 aromatic carbocycles. The summed E-state index contributed by atoms with van der Waals surface area (Å²) in [7, 11) is 0. The van der Waals surface area contributed by atoms with Gasteiger partial charge in [0.1, 0.15) is 5.82 Å². The minimum absolute atomic E-state index is 0.333. The lowest BCUT2D eigenvalue weighted by molar-refractivity contribution is 0.233. The largest absolute Gasteiger partial charge is 0.369 e. The van der Waals surface area contributed by atoms with E-state index in [0.717, 1.165) is 23.3 Å². The van der Waals surface area contributed by atoms with Crippen LogP contribution < -0.4 is 11.1 Å². The van der Waals surface area contributed by atoms with Gasteiger partial charge in [0.25, 0.3) is 0 Å². The number of para-hydroxylation sites is 1. The molecule has 0 spiro atoms. The Bertz CT molecular complexity index is 602. The van der Waals surface area contributed by atoms with Crippen molar-refractivity contribution in [1.29, 1.82) is 0 Å². The van der Waals surface area contributed by atoms with E-state index in [1.807, 2.05) is 24.3 Å². The van der Waals surface area contributed by atoms with Crippen LogP contribution in [0.25, 0.3) is 10.9 Å². The highest BCUT2D eigenvalue weighted by Gasteiger charge is 2.26. The van der Waals surface area contributed by atoms with Crippen LogP contribution in [0.3, 0.4) is 0 Å². The van der Waals surface area contributed by atoms with Crippen molar-refractivity contribution in [2.45, 2.75) is 39.0 Å². The zero-order valence-corrected chi connectivity index (χ0v) is 12.0. The molecule has 1 heterocycles. The van der Waals surface area contributed by atoms with Gasteiger partial charge in [0.2, 0.25) is 5.95 Å². The summed E-state index contributed by atoms with van der Waals surface area (Å²) >= 11 is 0. The Morgan fingerprint density at radius 2 is 1.90 bits per heavy atom. The summed E-state index contributed by atoms with van der Waals surface area (Å²) in [5, 5.41) is 4.55. The van der Waals surface area contributed by atoms with Crippen molar-refractivity contribution < 1.29 is 0 Å². The van der Waals surface area contributed by atoms with Crippen LogP contribution in [0, 0.1) is 5.41 Å². The number of nitrogens with zero attached hydrogens (tertiary/aromatic N) is 2. The number of benzene rings is 1. The molecule has 3 rings (SSSR count). The molecule has 0 atom stereocenters. The first-order chi connectivity index (χ1) is 9.66. The van der Waals surface area contributed by atoms with E-state index in [2.05, 4.69) is 22.2 Å². The number of nitrogen functional groups attached to an aromatic ring is 1. The molecule has 20 heavy (non-hydrogen) atoms. The SMILES string of the molecule is CC1(CNc2nc(N)nc3ccccc23)CCCCC1. The lowest BCUT2D eigenvalue weighted by Crippen LogP contribution is -2.29. The quantitative estimate of drug-likeness (QED) is 0.894. The smallest absolute Gasteiger partial charge is 0.222 e. The van der Waals surface area contributed by atoms with Gasteiger partial charge in [-0.3, -0.25) is 0 Å². The first-order valence-corrected chi connectivity index (χ1v) is 7.42. The van der Waals surface area contributed by atoms with Crippen LogP contribution in [0.5, 0.6) is 0 Å². The third-order valence-electron chi connectivity index (χ3n) is 4.36. The van der Waals surface area contributed by atoms with E-state index in [0.29, 0.717) is 11.4 Å². The van der Waals surface area contributed by atoms with E-state index >= 15 is 0 Å². The number of fused-ring (bicyclic) bond motifs is 1. The molecular weight excluding hydrogens is 248 g/mol. The molecule has 1 aliphatic rings. The zero-order valence-electron chi connectivity index (χ0n) is 12.0. The van der Waals surface area contributed by atoms with E-state index in [-0.39, 0.29) is 0 Å². The van der Waals surface area contributed by atoms with Gasteiger partial charge in [-0.1, -0.05) is 38.3 Å².